The number of hydrogen-bond donors (Lipinski definition) is 2. The number of nitrogens with one attached hydrogen (secondary N) is 2. The molecular formula is C21H15ClN4O. The van der Waals surface area contributed by atoms with E-state index in [0.29, 0.717) is 22.0 Å². The van der Waals surface area contributed by atoms with Crippen molar-refractivity contribution in [3.05, 3.63) is 89.8 Å². The van der Waals surface area contributed by atoms with E-state index in [1.807, 2.05) is 42.5 Å². The second kappa shape index (κ2) is 7.43. The minimum absolute atomic E-state index is 0.254. The van der Waals surface area contributed by atoms with Crippen molar-refractivity contribution in [1.82, 2.24) is 9.97 Å². The van der Waals surface area contributed by atoms with Crippen LogP contribution in [0.3, 0.4) is 0 Å². The zero-order chi connectivity index (χ0) is 18.6. The average Bonchev–Trinajstić information content (AvgIpc) is 2.68. The zero-order valence-corrected chi connectivity index (χ0v) is 14.9. The molecular weight excluding hydrogens is 360 g/mol. The number of nitrogens with zero attached hydrogens (tertiary/aromatic N) is 2. The second-order valence-electron chi connectivity index (χ2n) is 5.93. The molecule has 2 heterocycles. The third-order valence-corrected chi connectivity index (χ3v) is 4.23. The fraction of sp³-hybridized carbons (Fsp3) is 0. The lowest BCUT2D eigenvalue weighted by Gasteiger charge is -2.10. The first-order valence-electron chi connectivity index (χ1n) is 8.32. The molecule has 0 aliphatic rings. The minimum atomic E-state index is -0.254. The molecule has 2 aromatic heterocycles. The van der Waals surface area contributed by atoms with Crippen molar-refractivity contribution >= 4 is 45.5 Å². The average molecular weight is 375 g/mol. The lowest BCUT2D eigenvalue weighted by atomic mass is 10.1. The van der Waals surface area contributed by atoms with Gasteiger partial charge in [-0.05, 0) is 36.4 Å². The molecule has 0 spiro atoms. The number of para-hydroxylation sites is 1. The number of fused-ring (bicyclic) bond motifs is 1. The van der Waals surface area contributed by atoms with Crippen LogP contribution in [0.15, 0.2) is 79.3 Å². The van der Waals surface area contributed by atoms with Crippen molar-refractivity contribution in [3.8, 4) is 0 Å². The Kier molecular flexibility index (Phi) is 4.68. The van der Waals surface area contributed by atoms with Gasteiger partial charge in [0.25, 0.3) is 5.91 Å². The number of halogens is 1. The Labute approximate surface area is 161 Å². The molecule has 0 unspecified atom stereocenters. The maximum Gasteiger partial charge on any atom is 0.257 e. The van der Waals surface area contributed by atoms with Crippen LogP contribution in [-0.4, -0.2) is 15.9 Å². The summed E-state index contributed by atoms with van der Waals surface area (Å²) >= 11 is 6.01. The van der Waals surface area contributed by atoms with Crippen LogP contribution in [0.4, 0.5) is 17.1 Å². The molecule has 0 saturated heterocycles. The first-order chi connectivity index (χ1) is 13.2. The van der Waals surface area contributed by atoms with Gasteiger partial charge in [-0.25, -0.2) is 0 Å². The third-order valence-electron chi connectivity index (χ3n) is 3.99. The van der Waals surface area contributed by atoms with Gasteiger partial charge in [-0.1, -0.05) is 35.9 Å². The van der Waals surface area contributed by atoms with Gasteiger partial charge in [-0.2, -0.15) is 0 Å². The van der Waals surface area contributed by atoms with Crippen LogP contribution in [0.1, 0.15) is 10.4 Å². The second-order valence-corrected chi connectivity index (χ2v) is 6.37. The summed E-state index contributed by atoms with van der Waals surface area (Å²) < 4.78 is 0. The Morgan fingerprint density at radius 1 is 0.926 bits per heavy atom. The molecule has 4 rings (SSSR count). The monoisotopic (exact) mass is 374 g/mol. The Balaban J connectivity index is 1.57. The van der Waals surface area contributed by atoms with Crippen LogP contribution in [0.5, 0.6) is 0 Å². The van der Waals surface area contributed by atoms with E-state index >= 15 is 0 Å². The van der Waals surface area contributed by atoms with Gasteiger partial charge < -0.3 is 10.6 Å². The predicted molar refractivity (Wildman–Crippen MR) is 109 cm³/mol. The summed E-state index contributed by atoms with van der Waals surface area (Å²) in [6.07, 6.45) is 4.88. The fourth-order valence-electron chi connectivity index (χ4n) is 2.76. The molecule has 0 aliphatic carbocycles. The molecule has 0 saturated carbocycles. The molecule has 6 heteroatoms. The summed E-state index contributed by atoms with van der Waals surface area (Å²) in [7, 11) is 0. The number of anilines is 3. The Hall–Kier alpha value is -3.44. The Morgan fingerprint density at radius 2 is 1.78 bits per heavy atom. The number of amides is 1. The molecule has 4 aromatic rings. The van der Waals surface area contributed by atoms with Gasteiger partial charge in [0.15, 0.2) is 0 Å². The molecule has 132 valence electrons. The number of pyridine rings is 2. The summed E-state index contributed by atoms with van der Waals surface area (Å²) in [6, 6.07) is 18.6. The molecule has 2 aromatic carbocycles. The Bertz CT molecular complexity index is 1120. The molecule has 1 amide bonds. The highest BCUT2D eigenvalue weighted by Gasteiger charge is 2.10. The maximum absolute atomic E-state index is 12.7. The van der Waals surface area contributed by atoms with Crippen molar-refractivity contribution < 1.29 is 4.79 Å². The van der Waals surface area contributed by atoms with Crippen molar-refractivity contribution in [2.24, 2.45) is 0 Å². The van der Waals surface area contributed by atoms with Crippen molar-refractivity contribution in [1.29, 1.82) is 0 Å². The maximum atomic E-state index is 12.7. The van der Waals surface area contributed by atoms with E-state index in [4.69, 9.17) is 11.6 Å². The van der Waals surface area contributed by atoms with E-state index in [2.05, 4.69) is 20.6 Å². The number of carbonyl (C=O) groups is 1. The molecule has 0 bridgehead atoms. The minimum Gasteiger partial charge on any atom is -0.354 e. The van der Waals surface area contributed by atoms with Crippen LogP contribution >= 0.6 is 11.6 Å². The van der Waals surface area contributed by atoms with Crippen LogP contribution in [0.25, 0.3) is 10.9 Å². The molecule has 0 fully saturated rings. The number of aromatic nitrogens is 2. The standard InChI is InChI=1S/C21H15ClN4O/c22-16-6-2-7-17(11-16)25-18-10-15(12-23-13-18)21(27)26-19-8-1-4-14-5-3-9-24-20(14)19/h1-13,25H,(H,26,27). The van der Waals surface area contributed by atoms with Gasteiger partial charge in [0.05, 0.1) is 28.7 Å². The summed E-state index contributed by atoms with van der Waals surface area (Å²) in [5.74, 6) is -0.254. The molecule has 0 atom stereocenters. The molecule has 0 aliphatic heterocycles. The topological polar surface area (TPSA) is 66.9 Å². The highest BCUT2D eigenvalue weighted by Crippen LogP contribution is 2.23. The molecule has 2 N–H and O–H groups in total. The van der Waals surface area contributed by atoms with E-state index < -0.39 is 0 Å². The SMILES string of the molecule is O=C(Nc1cccc2cccnc12)c1cncc(Nc2cccc(Cl)c2)c1. The van der Waals surface area contributed by atoms with Crippen LogP contribution in [0, 0.1) is 0 Å². The van der Waals surface area contributed by atoms with Crippen LogP contribution < -0.4 is 10.6 Å². The van der Waals surface area contributed by atoms with Gasteiger partial charge in [-0.15, -0.1) is 0 Å². The quantitative estimate of drug-likeness (QED) is 0.510. The highest BCUT2D eigenvalue weighted by molar-refractivity contribution is 6.30. The zero-order valence-electron chi connectivity index (χ0n) is 14.2. The van der Waals surface area contributed by atoms with E-state index in [9.17, 15) is 4.79 Å². The lowest BCUT2D eigenvalue weighted by molar-refractivity contribution is 0.102. The summed E-state index contributed by atoms with van der Waals surface area (Å²) in [5.41, 5.74) is 3.36. The smallest absolute Gasteiger partial charge is 0.257 e. The third kappa shape index (κ3) is 3.88. The predicted octanol–water partition coefficient (Wildman–Crippen LogP) is 5.28. The van der Waals surface area contributed by atoms with Crippen molar-refractivity contribution in [2.45, 2.75) is 0 Å². The largest absolute Gasteiger partial charge is 0.354 e. The number of carbonyl (C=O) groups excluding carboxylic acids is 1. The highest BCUT2D eigenvalue weighted by atomic mass is 35.5. The first-order valence-corrected chi connectivity index (χ1v) is 8.69. The molecule has 0 radical (unpaired) electrons. The summed E-state index contributed by atoms with van der Waals surface area (Å²) in [4.78, 5) is 21.2. The van der Waals surface area contributed by atoms with Crippen LogP contribution in [-0.2, 0) is 0 Å². The van der Waals surface area contributed by atoms with Gasteiger partial charge in [0, 0.05) is 28.5 Å². The fourth-order valence-corrected chi connectivity index (χ4v) is 2.96. The van der Waals surface area contributed by atoms with Gasteiger partial charge in [0.1, 0.15) is 0 Å². The first kappa shape index (κ1) is 17.0. The van der Waals surface area contributed by atoms with Crippen molar-refractivity contribution in [2.75, 3.05) is 10.6 Å². The van der Waals surface area contributed by atoms with Crippen LogP contribution in [0.2, 0.25) is 5.02 Å². The van der Waals surface area contributed by atoms with E-state index in [-0.39, 0.29) is 5.91 Å². The number of benzene rings is 2. The van der Waals surface area contributed by atoms with E-state index in [0.717, 1.165) is 16.6 Å². The van der Waals surface area contributed by atoms with E-state index in [1.165, 1.54) is 6.20 Å². The normalized spacial score (nSPS) is 10.6. The summed E-state index contributed by atoms with van der Waals surface area (Å²) in [5, 5.41) is 7.70. The molecule has 27 heavy (non-hydrogen) atoms. The Morgan fingerprint density at radius 3 is 2.67 bits per heavy atom. The molecule has 5 nitrogen and oxygen atoms in total. The lowest BCUT2D eigenvalue weighted by Crippen LogP contribution is -2.13. The van der Waals surface area contributed by atoms with E-state index in [1.54, 1.807) is 30.6 Å². The van der Waals surface area contributed by atoms with Crippen molar-refractivity contribution in [3.63, 3.8) is 0 Å². The number of rotatable bonds is 4. The number of hydrogen-bond acceptors (Lipinski definition) is 4. The van der Waals surface area contributed by atoms with Gasteiger partial charge in [-0.3, -0.25) is 14.8 Å². The van der Waals surface area contributed by atoms with Gasteiger partial charge >= 0.3 is 0 Å². The van der Waals surface area contributed by atoms with Gasteiger partial charge in [0.2, 0.25) is 0 Å². The summed E-state index contributed by atoms with van der Waals surface area (Å²) in [6.45, 7) is 0.